The van der Waals surface area contributed by atoms with Crippen LogP contribution in [0.4, 0.5) is 11.6 Å². The minimum atomic E-state index is 0.646. The highest BCUT2D eigenvalue weighted by Crippen LogP contribution is 2.26. The maximum absolute atomic E-state index is 5.89. The Morgan fingerprint density at radius 2 is 2.24 bits per heavy atom. The van der Waals surface area contributed by atoms with Gasteiger partial charge < -0.3 is 10.2 Å². The van der Waals surface area contributed by atoms with E-state index in [4.69, 9.17) is 11.6 Å². The van der Waals surface area contributed by atoms with E-state index in [1.165, 1.54) is 0 Å². The summed E-state index contributed by atoms with van der Waals surface area (Å²) in [5, 5.41) is 3.91. The van der Waals surface area contributed by atoms with Gasteiger partial charge in [-0.25, -0.2) is 15.0 Å². The Labute approximate surface area is 128 Å². The van der Waals surface area contributed by atoms with Crippen molar-refractivity contribution in [2.75, 3.05) is 23.3 Å². The van der Waals surface area contributed by atoms with Crippen LogP contribution in [0.15, 0.2) is 37.3 Å². The van der Waals surface area contributed by atoms with E-state index in [1.807, 2.05) is 18.2 Å². The van der Waals surface area contributed by atoms with Gasteiger partial charge in [-0.15, -0.1) is 6.58 Å². The molecular formula is C15H16ClN5. The molecule has 6 heteroatoms. The average Bonchev–Trinajstić information content (AvgIpc) is 2.53. The highest BCUT2D eigenvalue weighted by Gasteiger charge is 2.21. The Kier molecular flexibility index (Phi) is 4.01. The summed E-state index contributed by atoms with van der Waals surface area (Å²) in [4.78, 5) is 15.3. The Balaban J connectivity index is 1.86. The van der Waals surface area contributed by atoms with Crippen LogP contribution in [0.25, 0.3) is 0 Å². The fourth-order valence-electron chi connectivity index (χ4n) is 2.41. The predicted molar refractivity (Wildman–Crippen MR) is 84.7 cm³/mol. The normalized spacial score (nSPS) is 13.7. The van der Waals surface area contributed by atoms with Crippen LogP contribution in [0.1, 0.15) is 11.3 Å². The average molecular weight is 302 g/mol. The summed E-state index contributed by atoms with van der Waals surface area (Å²) in [5.74, 6) is 1.79. The van der Waals surface area contributed by atoms with Gasteiger partial charge in [0.2, 0.25) is 0 Å². The molecule has 0 atom stereocenters. The first-order valence-corrected chi connectivity index (χ1v) is 7.19. The van der Waals surface area contributed by atoms with E-state index in [9.17, 15) is 0 Å². The molecule has 5 nitrogen and oxygen atoms in total. The zero-order chi connectivity index (χ0) is 14.7. The molecule has 108 valence electrons. The van der Waals surface area contributed by atoms with Gasteiger partial charge in [0.15, 0.2) is 0 Å². The largest absolute Gasteiger partial charge is 0.366 e. The Hall–Kier alpha value is -2.14. The van der Waals surface area contributed by atoms with E-state index < -0.39 is 0 Å². The van der Waals surface area contributed by atoms with Gasteiger partial charge in [-0.05, 0) is 12.1 Å². The number of fused-ring (bicyclic) bond motifs is 1. The molecular weight excluding hydrogens is 286 g/mol. The van der Waals surface area contributed by atoms with Crippen molar-refractivity contribution in [2.45, 2.75) is 13.0 Å². The molecule has 0 radical (unpaired) electrons. The topological polar surface area (TPSA) is 53.9 Å². The predicted octanol–water partition coefficient (Wildman–Crippen LogP) is 2.69. The van der Waals surface area contributed by atoms with Gasteiger partial charge in [-0.2, -0.15) is 0 Å². The van der Waals surface area contributed by atoms with Gasteiger partial charge in [0.05, 0.1) is 10.7 Å². The van der Waals surface area contributed by atoms with E-state index >= 15 is 0 Å². The summed E-state index contributed by atoms with van der Waals surface area (Å²) in [7, 11) is 0. The first-order chi connectivity index (χ1) is 10.3. The molecule has 0 aliphatic carbocycles. The highest BCUT2D eigenvalue weighted by atomic mass is 35.5. The number of hydrogen-bond acceptors (Lipinski definition) is 5. The second kappa shape index (κ2) is 6.10. The SMILES string of the molecule is C=CCNc1ncnc2c1CN(c1ccc(Cl)cn1)CC2. The molecule has 2 aromatic heterocycles. The lowest BCUT2D eigenvalue weighted by atomic mass is 10.1. The lowest BCUT2D eigenvalue weighted by Gasteiger charge is -2.30. The van der Waals surface area contributed by atoms with E-state index in [-0.39, 0.29) is 0 Å². The van der Waals surface area contributed by atoms with E-state index in [0.717, 1.165) is 42.4 Å². The zero-order valence-corrected chi connectivity index (χ0v) is 12.3. The molecule has 0 saturated carbocycles. The summed E-state index contributed by atoms with van der Waals surface area (Å²) < 4.78 is 0. The third kappa shape index (κ3) is 2.97. The van der Waals surface area contributed by atoms with Gasteiger partial charge in [-0.1, -0.05) is 17.7 Å². The van der Waals surface area contributed by atoms with Crippen molar-refractivity contribution in [1.82, 2.24) is 15.0 Å². The second-order valence-electron chi connectivity index (χ2n) is 4.82. The van der Waals surface area contributed by atoms with E-state index in [1.54, 1.807) is 12.5 Å². The van der Waals surface area contributed by atoms with Crippen LogP contribution in [0, 0.1) is 0 Å². The van der Waals surface area contributed by atoms with Crippen molar-refractivity contribution >= 4 is 23.2 Å². The summed E-state index contributed by atoms with van der Waals surface area (Å²) >= 11 is 5.89. The van der Waals surface area contributed by atoms with Crippen molar-refractivity contribution in [3.63, 3.8) is 0 Å². The van der Waals surface area contributed by atoms with Gasteiger partial charge in [-0.3, -0.25) is 0 Å². The molecule has 0 fully saturated rings. The lowest BCUT2D eigenvalue weighted by molar-refractivity contribution is 0.698. The molecule has 0 saturated heterocycles. The van der Waals surface area contributed by atoms with Crippen molar-refractivity contribution in [3.8, 4) is 0 Å². The molecule has 0 unspecified atom stereocenters. The number of rotatable bonds is 4. The zero-order valence-electron chi connectivity index (χ0n) is 11.6. The molecule has 21 heavy (non-hydrogen) atoms. The molecule has 0 amide bonds. The van der Waals surface area contributed by atoms with Gasteiger partial charge in [0.1, 0.15) is 18.0 Å². The number of anilines is 2. The Bertz CT molecular complexity index is 641. The van der Waals surface area contributed by atoms with Crippen LogP contribution in [-0.2, 0) is 13.0 Å². The fraction of sp³-hybridized carbons (Fsp3) is 0.267. The highest BCUT2D eigenvalue weighted by molar-refractivity contribution is 6.30. The van der Waals surface area contributed by atoms with Crippen LogP contribution in [0.2, 0.25) is 5.02 Å². The van der Waals surface area contributed by atoms with Gasteiger partial charge in [0.25, 0.3) is 0 Å². The van der Waals surface area contributed by atoms with E-state index in [2.05, 4.69) is 31.7 Å². The monoisotopic (exact) mass is 301 g/mol. The first kappa shape index (κ1) is 13.8. The van der Waals surface area contributed by atoms with Crippen LogP contribution >= 0.6 is 11.6 Å². The van der Waals surface area contributed by atoms with Crippen LogP contribution < -0.4 is 10.2 Å². The number of aromatic nitrogens is 3. The Morgan fingerprint density at radius 1 is 1.33 bits per heavy atom. The molecule has 3 heterocycles. The van der Waals surface area contributed by atoms with Crippen molar-refractivity contribution < 1.29 is 0 Å². The van der Waals surface area contributed by atoms with Crippen LogP contribution in [-0.4, -0.2) is 28.0 Å². The van der Waals surface area contributed by atoms with Gasteiger partial charge >= 0.3 is 0 Å². The standard InChI is InChI=1S/C15H16ClN5/c1-2-6-17-15-12-9-21(7-5-13(12)19-10-20-15)14-4-3-11(16)8-18-14/h2-4,8,10H,1,5-7,9H2,(H,17,19,20). The lowest BCUT2D eigenvalue weighted by Crippen LogP contribution is -2.32. The number of halogens is 1. The molecule has 3 rings (SSSR count). The smallest absolute Gasteiger partial charge is 0.134 e. The number of hydrogen-bond donors (Lipinski definition) is 1. The third-order valence-electron chi connectivity index (χ3n) is 3.45. The van der Waals surface area contributed by atoms with Gasteiger partial charge in [0, 0.05) is 37.8 Å². The number of nitrogens with zero attached hydrogens (tertiary/aromatic N) is 4. The maximum atomic E-state index is 5.89. The molecule has 0 bridgehead atoms. The molecule has 1 aliphatic heterocycles. The van der Waals surface area contributed by atoms with Crippen molar-refractivity contribution in [2.24, 2.45) is 0 Å². The summed E-state index contributed by atoms with van der Waals surface area (Å²) in [6, 6.07) is 3.80. The third-order valence-corrected chi connectivity index (χ3v) is 3.68. The molecule has 1 aliphatic rings. The summed E-state index contributed by atoms with van der Waals surface area (Å²) in [6.07, 6.45) is 5.98. The summed E-state index contributed by atoms with van der Waals surface area (Å²) in [6.45, 7) is 6.03. The van der Waals surface area contributed by atoms with Crippen LogP contribution in [0.5, 0.6) is 0 Å². The second-order valence-corrected chi connectivity index (χ2v) is 5.26. The number of nitrogens with one attached hydrogen (secondary N) is 1. The van der Waals surface area contributed by atoms with Crippen LogP contribution in [0.3, 0.4) is 0 Å². The van der Waals surface area contributed by atoms with Crippen molar-refractivity contribution in [1.29, 1.82) is 0 Å². The number of pyridine rings is 1. The molecule has 2 aromatic rings. The molecule has 1 N–H and O–H groups in total. The van der Waals surface area contributed by atoms with E-state index in [0.29, 0.717) is 11.6 Å². The fourth-order valence-corrected chi connectivity index (χ4v) is 2.52. The molecule has 0 spiro atoms. The Morgan fingerprint density at radius 3 is 3.00 bits per heavy atom. The minimum Gasteiger partial charge on any atom is -0.366 e. The maximum Gasteiger partial charge on any atom is 0.134 e. The molecule has 0 aromatic carbocycles. The quantitative estimate of drug-likeness (QED) is 0.880. The first-order valence-electron chi connectivity index (χ1n) is 6.82. The van der Waals surface area contributed by atoms with Crippen molar-refractivity contribution in [3.05, 3.63) is 53.6 Å². The minimum absolute atomic E-state index is 0.646. The summed E-state index contributed by atoms with van der Waals surface area (Å²) in [5.41, 5.74) is 2.23.